The van der Waals surface area contributed by atoms with Gasteiger partial charge in [-0.3, -0.25) is 0 Å². The summed E-state index contributed by atoms with van der Waals surface area (Å²) in [6.07, 6.45) is 3.88. The van der Waals surface area contributed by atoms with E-state index in [4.69, 9.17) is 4.74 Å². The Balaban J connectivity index is 1.67. The van der Waals surface area contributed by atoms with Crippen LogP contribution in [0.1, 0.15) is 44.7 Å². The molecule has 2 heteroatoms. The summed E-state index contributed by atoms with van der Waals surface area (Å²) < 4.78 is 5.67. The van der Waals surface area contributed by atoms with Gasteiger partial charge in [0, 0.05) is 19.2 Å². The van der Waals surface area contributed by atoms with Crippen molar-refractivity contribution in [2.75, 3.05) is 19.8 Å². The number of nitrogens with one attached hydrogen (secondary N) is 1. The predicted molar refractivity (Wildman–Crippen MR) is 80.2 cm³/mol. The van der Waals surface area contributed by atoms with Gasteiger partial charge in [-0.25, -0.2) is 0 Å². The van der Waals surface area contributed by atoms with E-state index in [0.717, 1.165) is 38.0 Å². The van der Waals surface area contributed by atoms with E-state index in [1.54, 1.807) is 0 Å². The Morgan fingerprint density at radius 1 is 1.16 bits per heavy atom. The van der Waals surface area contributed by atoms with E-state index in [2.05, 4.69) is 49.5 Å². The highest BCUT2D eigenvalue weighted by molar-refractivity contribution is 5.21. The average Bonchev–Trinajstić information content (AvgIpc) is 3.23. The van der Waals surface area contributed by atoms with E-state index < -0.39 is 0 Å². The van der Waals surface area contributed by atoms with Gasteiger partial charge in [0.1, 0.15) is 0 Å². The van der Waals surface area contributed by atoms with Crippen molar-refractivity contribution in [3.63, 3.8) is 0 Å². The van der Waals surface area contributed by atoms with Crippen molar-refractivity contribution < 1.29 is 4.74 Å². The normalized spacial score (nSPS) is 16.8. The molecule has 1 N–H and O–H groups in total. The number of hydrogen-bond donors (Lipinski definition) is 1. The fourth-order valence-corrected chi connectivity index (χ4v) is 2.35. The maximum atomic E-state index is 5.67. The molecule has 0 spiro atoms. The van der Waals surface area contributed by atoms with Gasteiger partial charge in [-0.05, 0) is 36.7 Å². The Kier molecular flexibility index (Phi) is 5.87. The first-order valence-electron chi connectivity index (χ1n) is 7.63. The second-order valence-electron chi connectivity index (χ2n) is 5.97. The van der Waals surface area contributed by atoms with Crippen molar-refractivity contribution in [2.24, 2.45) is 11.8 Å². The molecule has 1 aromatic rings. The molecule has 2 rings (SSSR count). The Labute approximate surface area is 117 Å². The molecule has 1 fully saturated rings. The quantitative estimate of drug-likeness (QED) is 0.683. The minimum absolute atomic E-state index is 0.523. The summed E-state index contributed by atoms with van der Waals surface area (Å²) >= 11 is 0. The van der Waals surface area contributed by atoms with Gasteiger partial charge >= 0.3 is 0 Å². The molecule has 1 aromatic carbocycles. The monoisotopic (exact) mass is 261 g/mol. The van der Waals surface area contributed by atoms with Crippen molar-refractivity contribution in [1.82, 2.24) is 5.32 Å². The Hall–Kier alpha value is -0.860. The van der Waals surface area contributed by atoms with Crippen molar-refractivity contribution in [2.45, 2.75) is 39.2 Å². The molecule has 0 saturated heterocycles. The summed E-state index contributed by atoms with van der Waals surface area (Å²) in [7, 11) is 0. The standard InChI is InChI=1S/C17H27NO/c1-14(2)10-12-19-13-11-18-17(16-8-9-16)15-6-4-3-5-7-15/h3-7,14,16-18H,8-13H2,1-2H3. The summed E-state index contributed by atoms with van der Waals surface area (Å²) in [6.45, 7) is 7.13. The van der Waals surface area contributed by atoms with Crippen LogP contribution in [-0.4, -0.2) is 19.8 Å². The van der Waals surface area contributed by atoms with Crippen LogP contribution in [0.2, 0.25) is 0 Å². The van der Waals surface area contributed by atoms with Crippen LogP contribution in [0.5, 0.6) is 0 Å². The lowest BCUT2D eigenvalue weighted by Crippen LogP contribution is -2.27. The van der Waals surface area contributed by atoms with Gasteiger partial charge in [-0.15, -0.1) is 0 Å². The Morgan fingerprint density at radius 2 is 1.89 bits per heavy atom. The molecule has 1 atom stereocenters. The summed E-state index contributed by atoms with van der Waals surface area (Å²) in [6, 6.07) is 11.3. The van der Waals surface area contributed by atoms with Crippen molar-refractivity contribution in [3.05, 3.63) is 35.9 Å². The van der Waals surface area contributed by atoms with Crippen LogP contribution in [0.15, 0.2) is 30.3 Å². The molecule has 19 heavy (non-hydrogen) atoms. The van der Waals surface area contributed by atoms with E-state index in [9.17, 15) is 0 Å². The highest BCUT2D eigenvalue weighted by Gasteiger charge is 2.31. The fraction of sp³-hybridized carbons (Fsp3) is 0.647. The van der Waals surface area contributed by atoms with Crippen LogP contribution < -0.4 is 5.32 Å². The smallest absolute Gasteiger partial charge is 0.0591 e. The van der Waals surface area contributed by atoms with Crippen LogP contribution in [0.3, 0.4) is 0 Å². The van der Waals surface area contributed by atoms with E-state index in [1.165, 1.54) is 18.4 Å². The largest absolute Gasteiger partial charge is 0.380 e. The highest BCUT2D eigenvalue weighted by atomic mass is 16.5. The predicted octanol–water partition coefficient (Wildman–Crippen LogP) is 3.79. The lowest BCUT2D eigenvalue weighted by molar-refractivity contribution is 0.122. The van der Waals surface area contributed by atoms with Gasteiger partial charge in [0.25, 0.3) is 0 Å². The van der Waals surface area contributed by atoms with Crippen molar-refractivity contribution >= 4 is 0 Å². The fourth-order valence-electron chi connectivity index (χ4n) is 2.35. The van der Waals surface area contributed by atoms with E-state index in [1.807, 2.05) is 0 Å². The number of benzene rings is 1. The van der Waals surface area contributed by atoms with Gasteiger partial charge in [-0.2, -0.15) is 0 Å². The Bertz CT molecular complexity index is 346. The molecule has 0 bridgehead atoms. The van der Waals surface area contributed by atoms with E-state index >= 15 is 0 Å². The molecule has 0 aromatic heterocycles. The molecule has 0 radical (unpaired) electrons. The molecular formula is C17H27NO. The van der Waals surface area contributed by atoms with Crippen LogP contribution in [0.25, 0.3) is 0 Å². The molecule has 1 aliphatic carbocycles. The molecule has 1 aliphatic rings. The third-order valence-corrected chi connectivity index (χ3v) is 3.70. The van der Waals surface area contributed by atoms with Crippen LogP contribution in [0.4, 0.5) is 0 Å². The van der Waals surface area contributed by atoms with Gasteiger partial charge in [0.15, 0.2) is 0 Å². The first kappa shape index (κ1) is 14.5. The minimum Gasteiger partial charge on any atom is -0.380 e. The second kappa shape index (κ2) is 7.66. The zero-order valence-electron chi connectivity index (χ0n) is 12.3. The third-order valence-electron chi connectivity index (χ3n) is 3.70. The molecule has 1 saturated carbocycles. The molecule has 1 unspecified atom stereocenters. The first-order chi connectivity index (χ1) is 9.27. The maximum Gasteiger partial charge on any atom is 0.0591 e. The summed E-state index contributed by atoms with van der Waals surface area (Å²) in [5, 5.41) is 3.66. The molecular weight excluding hydrogens is 234 g/mol. The topological polar surface area (TPSA) is 21.3 Å². The van der Waals surface area contributed by atoms with Gasteiger partial charge in [-0.1, -0.05) is 44.2 Å². The van der Waals surface area contributed by atoms with Crippen LogP contribution in [-0.2, 0) is 4.74 Å². The number of ether oxygens (including phenoxy) is 1. The molecule has 106 valence electrons. The third kappa shape index (κ3) is 5.33. The lowest BCUT2D eigenvalue weighted by atomic mass is 10.0. The molecule has 0 aliphatic heterocycles. The zero-order valence-corrected chi connectivity index (χ0v) is 12.3. The summed E-state index contributed by atoms with van der Waals surface area (Å²) in [5.41, 5.74) is 1.42. The summed E-state index contributed by atoms with van der Waals surface area (Å²) in [5.74, 6) is 1.56. The van der Waals surface area contributed by atoms with E-state index in [0.29, 0.717) is 6.04 Å². The van der Waals surface area contributed by atoms with Crippen molar-refractivity contribution in [1.29, 1.82) is 0 Å². The first-order valence-corrected chi connectivity index (χ1v) is 7.63. The maximum absolute atomic E-state index is 5.67. The number of rotatable bonds is 9. The second-order valence-corrected chi connectivity index (χ2v) is 5.97. The zero-order chi connectivity index (χ0) is 13.5. The van der Waals surface area contributed by atoms with E-state index in [-0.39, 0.29) is 0 Å². The van der Waals surface area contributed by atoms with Gasteiger partial charge < -0.3 is 10.1 Å². The average molecular weight is 261 g/mol. The molecule has 0 amide bonds. The van der Waals surface area contributed by atoms with Gasteiger partial charge in [0.2, 0.25) is 0 Å². The van der Waals surface area contributed by atoms with Crippen LogP contribution >= 0.6 is 0 Å². The van der Waals surface area contributed by atoms with Crippen LogP contribution in [0, 0.1) is 11.8 Å². The number of hydrogen-bond acceptors (Lipinski definition) is 2. The Morgan fingerprint density at radius 3 is 2.53 bits per heavy atom. The highest BCUT2D eigenvalue weighted by Crippen LogP contribution is 2.40. The minimum atomic E-state index is 0.523. The molecule has 0 heterocycles. The SMILES string of the molecule is CC(C)CCOCCNC(c1ccccc1)C1CC1. The van der Waals surface area contributed by atoms with Crippen molar-refractivity contribution in [3.8, 4) is 0 Å². The van der Waals surface area contributed by atoms with Gasteiger partial charge in [0.05, 0.1) is 6.61 Å². The summed E-state index contributed by atoms with van der Waals surface area (Å²) in [4.78, 5) is 0. The molecule has 2 nitrogen and oxygen atoms in total. The lowest BCUT2D eigenvalue weighted by Gasteiger charge is -2.19.